The summed E-state index contributed by atoms with van der Waals surface area (Å²) in [7, 11) is 2.05. The van der Waals surface area contributed by atoms with Gasteiger partial charge in [0.05, 0.1) is 6.04 Å². The van der Waals surface area contributed by atoms with Crippen molar-refractivity contribution in [2.24, 2.45) is 0 Å². The minimum absolute atomic E-state index is 0.106. The third-order valence-corrected chi connectivity index (χ3v) is 4.54. The molecule has 0 unspecified atom stereocenters. The van der Waals surface area contributed by atoms with Gasteiger partial charge < -0.3 is 10.2 Å². The number of aromatic nitrogens is 2. The number of anilines is 1. The lowest BCUT2D eigenvalue weighted by molar-refractivity contribution is -0.136. The molecule has 2 fully saturated rings. The summed E-state index contributed by atoms with van der Waals surface area (Å²) in [5.41, 5.74) is 0. The number of likely N-dealkylation sites (tertiary alicyclic amines) is 2. The van der Waals surface area contributed by atoms with Crippen LogP contribution in [0.4, 0.5) is 5.82 Å². The molecular weight excluding hydrogens is 266 g/mol. The minimum atomic E-state index is 0.106. The highest BCUT2D eigenvalue weighted by atomic mass is 16.2. The van der Waals surface area contributed by atoms with Gasteiger partial charge in [-0.25, -0.2) is 0 Å². The first kappa shape index (κ1) is 14.3. The van der Waals surface area contributed by atoms with Crippen molar-refractivity contribution in [3.8, 4) is 0 Å². The molecule has 0 aliphatic carbocycles. The van der Waals surface area contributed by atoms with Crippen LogP contribution in [0.3, 0.4) is 0 Å². The van der Waals surface area contributed by atoms with E-state index in [1.54, 1.807) is 6.20 Å². The van der Waals surface area contributed by atoms with Crippen molar-refractivity contribution in [1.29, 1.82) is 0 Å². The molecule has 0 saturated carbocycles. The van der Waals surface area contributed by atoms with Crippen molar-refractivity contribution >= 4 is 11.7 Å². The molecule has 0 spiro atoms. The molecule has 2 aliphatic rings. The number of likely N-dealkylation sites (N-methyl/N-ethyl adjacent to an activating group) is 1. The number of hydrogen-bond donors (Lipinski definition) is 1. The monoisotopic (exact) mass is 289 g/mol. The third kappa shape index (κ3) is 3.32. The fourth-order valence-corrected chi connectivity index (χ4v) is 3.26. The number of carbonyl (C=O) groups excluding carboxylic acids is 1. The molecule has 1 atom stereocenters. The van der Waals surface area contributed by atoms with Crippen LogP contribution in [0.5, 0.6) is 0 Å². The average Bonchev–Trinajstić information content (AvgIpc) is 2.94. The summed E-state index contributed by atoms with van der Waals surface area (Å²) in [5, 5.41) is 11.3. The Bertz CT molecular complexity index is 472. The van der Waals surface area contributed by atoms with Crippen molar-refractivity contribution in [3.05, 3.63) is 18.3 Å². The van der Waals surface area contributed by atoms with Gasteiger partial charge in [0, 0.05) is 25.3 Å². The van der Waals surface area contributed by atoms with Gasteiger partial charge in [0.1, 0.15) is 5.82 Å². The van der Waals surface area contributed by atoms with Crippen LogP contribution in [-0.4, -0.2) is 64.7 Å². The summed E-state index contributed by atoms with van der Waals surface area (Å²) >= 11 is 0. The number of nitrogens with zero attached hydrogens (tertiary/aromatic N) is 4. The Morgan fingerprint density at radius 3 is 2.71 bits per heavy atom. The zero-order valence-electron chi connectivity index (χ0n) is 12.5. The first-order valence-corrected chi connectivity index (χ1v) is 7.77. The van der Waals surface area contributed by atoms with E-state index in [1.165, 1.54) is 0 Å². The predicted octanol–water partition coefficient (Wildman–Crippen LogP) is 0.974. The molecule has 0 aromatic carbocycles. The Balaban J connectivity index is 1.50. The highest BCUT2D eigenvalue weighted by Gasteiger charge is 2.33. The van der Waals surface area contributed by atoms with Crippen molar-refractivity contribution in [2.45, 2.75) is 37.8 Å². The molecule has 1 N–H and O–H groups in total. The standard InChI is InChI=1S/C15H23N5O/c1-19-9-3-4-13(19)15(21)20-10-6-12(7-11-20)17-14-5-2-8-16-18-14/h2,5,8,12-13H,3-4,6-7,9-11H2,1H3,(H,17,18)/t13-/m1/s1. The number of rotatable bonds is 3. The highest BCUT2D eigenvalue weighted by Crippen LogP contribution is 2.20. The van der Waals surface area contributed by atoms with E-state index in [1.807, 2.05) is 17.0 Å². The Kier molecular flexibility index (Phi) is 4.34. The Morgan fingerprint density at radius 1 is 1.29 bits per heavy atom. The second kappa shape index (κ2) is 6.39. The first-order chi connectivity index (χ1) is 10.2. The van der Waals surface area contributed by atoms with Gasteiger partial charge in [-0.2, -0.15) is 5.10 Å². The molecule has 6 nitrogen and oxygen atoms in total. The quantitative estimate of drug-likeness (QED) is 0.898. The van der Waals surface area contributed by atoms with Gasteiger partial charge in [-0.05, 0) is 51.4 Å². The van der Waals surface area contributed by atoms with Crippen molar-refractivity contribution in [2.75, 3.05) is 32.0 Å². The molecule has 1 aromatic rings. The molecule has 3 rings (SSSR count). The summed E-state index contributed by atoms with van der Waals surface area (Å²) in [6, 6.07) is 4.30. The van der Waals surface area contributed by atoms with Crippen LogP contribution in [0, 0.1) is 0 Å². The van der Waals surface area contributed by atoms with Crippen molar-refractivity contribution in [3.63, 3.8) is 0 Å². The lowest BCUT2D eigenvalue weighted by Gasteiger charge is -2.35. The zero-order chi connectivity index (χ0) is 14.7. The average molecular weight is 289 g/mol. The smallest absolute Gasteiger partial charge is 0.239 e. The summed E-state index contributed by atoms with van der Waals surface area (Å²) < 4.78 is 0. The third-order valence-electron chi connectivity index (χ3n) is 4.54. The van der Waals surface area contributed by atoms with E-state index >= 15 is 0 Å². The van der Waals surface area contributed by atoms with Gasteiger partial charge in [-0.15, -0.1) is 5.10 Å². The molecule has 2 saturated heterocycles. The Labute approximate surface area is 125 Å². The van der Waals surface area contributed by atoms with E-state index in [-0.39, 0.29) is 6.04 Å². The summed E-state index contributed by atoms with van der Waals surface area (Å²) in [6.45, 7) is 2.71. The van der Waals surface area contributed by atoms with Crippen LogP contribution in [0.2, 0.25) is 0 Å². The summed E-state index contributed by atoms with van der Waals surface area (Å²) in [4.78, 5) is 16.7. The van der Waals surface area contributed by atoms with E-state index in [0.29, 0.717) is 11.9 Å². The maximum atomic E-state index is 12.5. The number of carbonyl (C=O) groups is 1. The number of hydrogen-bond acceptors (Lipinski definition) is 5. The fraction of sp³-hybridized carbons (Fsp3) is 0.667. The molecule has 6 heteroatoms. The lowest BCUT2D eigenvalue weighted by Crippen LogP contribution is -2.49. The van der Waals surface area contributed by atoms with E-state index in [9.17, 15) is 4.79 Å². The van der Waals surface area contributed by atoms with Crippen molar-refractivity contribution < 1.29 is 4.79 Å². The van der Waals surface area contributed by atoms with Crippen LogP contribution in [-0.2, 0) is 4.79 Å². The van der Waals surface area contributed by atoms with Crippen molar-refractivity contribution in [1.82, 2.24) is 20.0 Å². The maximum Gasteiger partial charge on any atom is 0.239 e. The lowest BCUT2D eigenvalue weighted by atomic mass is 10.0. The van der Waals surface area contributed by atoms with Gasteiger partial charge >= 0.3 is 0 Å². The summed E-state index contributed by atoms with van der Waals surface area (Å²) in [5.74, 6) is 1.13. The zero-order valence-corrected chi connectivity index (χ0v) is 12.5. The summed E-state index contributed by atoms with van der Waals surface area (Å²) in [6.07, 6.45) is 5.76. The maximum absolute atomic E-state index is 12.5. The van der Waals surface area contributed by atoms with Gasteiger partial charge in [0.2, 0.25) is 5.91 Å². The Morgan fingerprint density at radius 2 is 2.10 bits per heavy atom. The first-order valence-electron chi connectivity index (χ1n) is 7.77. The molecule has 0 radical (unpaired) electrons. The van der Waals surface area contributed by atoms with E-state index < -0.39 is 0 Å². The van der Waals surface area contributed by atoms with E-state index in [0.717, 1.165) is 51.1 Å². The van der Waals surface area contributed by atoms with Gasteiger partial charge in [-0.3, -0.25) is 9.69 Å². The second-order valence-electron chi connectivity index (χ2n) is 5.99. The number of piperidine rings is 1. The second-order valence-corrected chi connectivity index (χ2v) is 5.99. The fourth-order valence-electron chi connectivity index (χ4n) is 3.26. The molecule has 0 bridgehead atoms. The highest BCUT2D eigenvalue weighted by molar-refractivity contribution is 5.82. The largest absolute Gasteiger partial charge is 0.366 e. The molecule has 21 heavy (non-hydrogen) atoms. The van der Waals surface area contributed by atoms with Crippen LogP contribution in [0.25, 0.3) is 0 Å². The molecule has 1 amide bonds. The van der Waals surface area contributed by atoms with E-state index in [4.69, 9.17) is 0 Å². The molecule has 1 aromatic heterocycles. The van der Waals surface area contributed by atoms with Crippen LogP contribution < -0.4 is 5.32 Å². The van der Waals surface area contributed by atoms with Gasteiger partial charge in [0.25, 0.3) is 0 Å². The van der Waals surface area contributed by atoms with Crippen LogP contribution >= 0.6 is 0 Å². The SMILES string of the molecule is CN1CCC[C@@H]1C(=O)N1CCC(Nc2cccnn2)CC1. The minimum Gasteiger partial charge on any atom is -0.366 e. The number of nitrogens with one attached hydrogen (secondary N) is 1. The van der Waals surface area contributed by atoms with Gasteiger partial charge in [-0.1, -0.05) is 0 Å². The Hall–Kier alpha value is -1.69. The normalized spacial score (nSPS) is 24.2. The van der Waals surface area contributed by atoms with E-state index in [2.05, 4.69) is 27.5 Å². The van der Waals surface area contributed by atoms with Gasteiger partial charge in [0.15, 0.2) is 0 Å². The topological polar surface area (TPSA) is 61.4 Å². The number of amides is 1. The molecular formula is C15H23N5O. The molecule has 2 aliphatic heterocycles. The van der Waals surface area contributed by atoms with Crippen LogP contribution in [0.15, 0.2) is 18.3 Å². The molecule has 3 heterocycles. The van der Waals surface area contributed by atoms with Crippen LogP contribution in [0.1, 0.15) is 25.7 Å². The molecule has 114 valence electrons. The predicted molar refractivity (Wildman–Crippen MR) is 80.9 cm³/mol.